The summed E-state index contributed by atoms with van der Waals surface area (Å²) in [5.74, 6) is 0. The van der Waals surface area contributed by atoms with Gasteiger partial charge >= 0.3 is 0 Å². The number of pyridine rings is 1. The summed E-state index contributed by atoms with van der Waals surface area (Å²) in [4.78, 5) is 7.17. The van der Waals surface area contributed by atoms with Gasteiger partial charge in [0.2, 0.25) is 0 Å². The molecule has 4 rings (SSSR count). The minimum atomic E-state index is 0.854. The Bertz CT molecular complexity index is 1030. The molecular formula is C21H21N3. The smallest absolute Gasteiger partial charge is 0.140 e. The Labute approximate surface area is 142 Å². The van der Waals surface area contributed by atoms with Crippen molar-refractivity contribution >= 4 is 16.4 Å². The van der Waals surface area contributed by atoms with E-state index in [-0.39, 0.29) is 0 Å². The van der Waals surface area contributed by atoms with Crippen molar-refractivity contribution < 1.29 is 0 Å². The quantitative estimate of drug-likeness (QED) is 0.554. The van der Waals surface area contributed by atoms with Crippen LogP contribution in [0.15, 0.2) is 60.8 Å². The lowest BCUT2D eigenvalue weighted by Crippen LogP contribution is -2.13. The van der Waals surface area contributed by atoms with Gasteiger partial charge in [0.25, 0.3) is 0 Å². The first-order valence-corrected chi connectivity index (χ1v) is 8.24. The zero-order chi connectivity index (χ0) is 16.7. The van der Waals surface area contributed by atoms with Crippen LogP contribution in [0.25, 0.3) is 27.7 Å². The van der Waals surface area contributed by atoms with Gasteiger partial charge in [0.05, 0.1) is 11.4 Å². The standard InChI is InChI=1S/C21H21N3/c1-15-7-6-12-24-19(14-23(2)3)20(22-21(15)24)18-11-10-16-8-4-5-9-17(16)13-18/h4-13H,14H2,1-3H3. The molecule has 0 aliphatic heterocycles. The Kier molecular flexibility index (Phi) is 3.58. The predicted octanol–water partition coefficient (Wildman–Crippen LogP) is 4.52. The van der Waals surface area contributed by atoms with Crippen LogP contribution in [0.5, 0.6) is 0 Å². The van der Waals surface area contributed by atoms with Crippen molar-refractivity contribution in [3.63, 3.8) is 0 Å². The Hall–Kier alpha value is -2.65. The summed E-state index contributed by atoms with van der Waals surface area (Å²) in [6, 6.07) is 19.3. The van der Waals surface area contributed by atoms with Crippen molar-refractivity contribution in [2.45, 2.75) is 13.5 Å². The van der Waals surface area contributed by atoms with Crippen LogP contribution in [-0.2, 0) is 6.54 Å². The van der Waals surface area contributed by atoms with Crippen molar-refractivity contribution in [1.82, 2.24) is 14.3 Å². The summed E-state index contributed by atoms with van der Waals surface area (Å²) in [7, 11) is 4.19. The summed E-state index contributed by atoms with van der Waals surface area (Å²) < 4.78 is 2.22. The molecule has 0 spiro atoms. The summed E-state index contributed by atoms with van der Waals surface area (Å²) in [5, 5.41) is 2.51. The third-order valence-electron chi connectivity index (χ3n) is 4.43. The maximum Gasteiger partial charge on any atom is 0.140 e. The van der Waals surface area contributed by atoms with Crippen LogP contribution >= 0.6 is 0 Å². The largest absolute Gasteiger partial charge is 0.304 e. The highest BCUT2D eigenvalue weighted by atomic mass is 15.1. The van der Waals surface area contributed by atoms with Crippen molar-refractivity contribution in [1.29, 1.82) is 0 Å². The molecule has 2 aromatic carbocycles. The highest BCUT2D eigenvalue weighted by Crippen LogP contribution is 2.29. The molecule has 0 aliphatic rings. The number of aromatic nitrogens is 2. The van der Waals surface area contributed by atoms with Crippen LogP contribution in [0.2, 0.25) is 0 Å². The van der Waals surface area contributed by atoms with Gasteiger partial charge in [0, 0.05) is 18.3 Å². The first kappa shape index (κ1) is 14.9. The van der Waals surface area contributed by atoms with Gasteiger partial charge in [-0.3, -0.25) is 0 Å². The van der Waals surface area contributed by atoms with E-state index < -0.39 is 0 Å². The molecule has 0 bridgehead atoms. The molecule has 2 aromatic heterocycles. The van der Waals surface area contributed by atoms with Crippen LogP contribution in [0.1, 0.15) is 11.3 Å². The Balaban J connectivity index is 1.98. The van der Waals surface area contributed by atoms with Gasteiger partial charge in [0.15, 0.2) is 0 Å². The average molecular weight is 315 g/mol. The van der Waals surface area contributed by atoms with Crippen LogP contribution < -0.4 is 0 Å². The van der Waals surface area contributed by atoms with Gasteiger partial charge in [-0.2, -0.15) is 0 Å². The highest BCUT2D eigenvalue weighted by Gasteiger charge is 2.16. The Morgan fingerprint density at radius 1 is 0.958 bits per heavy atom. The van der Waals surface area contributed by atoms with Gasteiger partial charge in [-0.05, 0) is 49.5 Å². The molecule has 0 saturated carbocycles. The molecular weight excluding hydrogens is 294 g/mol. The number of benzene rings is 2. The molecule has 0 saturated heterocycles. The van der Waals surface area contributed by atoms with E-state index in [1.54, 1.807) is 0 Å². The van der Waals surface area contributed by atoms with E-state index in [0.717, 1.165) is 17.9 Å². The first-order valence-electron chi connectivity index (χ1n) is 8.24. The van der Waals surface area contributed by atoms with Crippen LogP contribution in [-0.4, -0.2) is 28.4 Å². The minimum absolute atomic E-state index is 0.854. The first-order chi connectivity index (χ1) is 11.6. The second kappa shape index (κ2) is 5.77. The fourth-order valence-corrected chi connectivity index (χ4v) is 3.27. The topological polar surface area (TPSA) is 20.5 Å². The average Bonchev–Trinajstić information content (AvgIpc) is 2.94. The lowest BCUT2D eigenvalue weighted by molar-refractivity contribution is 0.396. The van der Waals surface area contributed by atoms with Crippen molar-refractivity contribution in [3.8, 4) is 11.3 Å². The minimum Gasteiger partial charge on any atom is -0.304 e. The lowest BCUT2D eigenvalue weighted by atomic mass is 10.0. The van der Waals surface area contributed by atoms with Gasteiger partial charge in [0.1, 0.15) is 5.65 Å². The predicted molar refractivity (Wildman–Crippen MR) is 100 cm³/mol. The molecule has 3 heteroatoms. The van der Waals surface area contributed by atoms with Gasteiger partial charge in [-0.25, -0.2) is 4.98 Å². The zero-order valence-electron chi connectivity index (χ0n) is 14.3. The molecule has 4 aromatic rings. The van der Waals surface area contributed by atoms with Gasteiger partial charge < -0.3 is 9.30 Å². The fraction of sp³-hybridized carbons (Fsp3) is 0.190. The number of hydrogen-bond donors (Lipinski definition) is 0. The number of fused-ring (bicyclic) bond motifs is 2. The Morgan fingerprint density at radius 3 is 2.54 bits per heavy atom. The third-order valence-corrected chi connectivity index (χ3v) is 4.43. The van der Waals surface area contributed by atoms with Crippen molar-refractivity contribution in [2.24, 2.45) is 0 Å². The number of rotatable bonds is 3. The normalized spacial score (nSPS) is 11.7. The van der Waals surface area contributed by atoms with E-state index in [1.165, 1.54) is 27.6 Å². The summed E-state index contributed by atoms with van der Waals surface area (Å²) in [6.45, 7) is 2.97. The maximum atomic E-state index is 4.98. The molecule has 0 amide bonds. The molecule has 120 valence electrons. The highest BCUT2D eigenvalue weighted by molar-refractivity contribution is 5.87. The second-order valence-corrected chi connectivity index (χ2v) is 6.59. The number of imidazole rings is 1. The van der Waals surface area contributed by atoms with Crippen LogP contribution in [0, 0.1) is 6.92 Å². The molecule has 0 N–H and O–H groups in total. The summed E-state index contributed by atoms with van der Waals surface area (Å²) >= 11 is 0. The number of aryl methyl sites for hydroxylation is 1. The molecule has 0 unspecified atom stereocenters. The van der Waals surface area contributed by atoms with E-state index in [4.69, 9.17) is 4.98 Å². The molecule has 0 atom stereocenters. The van der Waals surface area contributed by atoms with Crippen LogP contribution in [0.3, 0.4) is 0 Å². The van der Waals surface area contributed by atoms with Crippen LogP contribution in [0.4, 0.5) is 0 Å². The molecule has 0 aliphatic carbocycles. The fourth-order valence-electron chi connectivity index (χ4n) is 3.27. The molecule has 24 heavy (non-hydrogen) atoms. The molecule has 0 fully saturated rings. The zero-order valence-corrected chi connectivity index (χ0v) is 14.3. The maximum absolute atomic E-state index is 4.98. The third kappa shape index (κ3) is 2.47. The lowest BCUT2D eigenvalue weighted by Gasteiger charge is -2.12. The van der Waals surface area contributed by atoms with Gasteiger partial charge in [-0.1, -0.05) is 42.5 Å². The van der Waals surface area contributed by atoms with Gasteiger partial charge in [-0.15, -0.1) is 0 Å². The number of nitrogens with zero attached hydrogens (tertiary/aromatic N) is 3. The summed E-state index contributed by atoms with van der Waals surface area (Å²) in [6.07, 6.45) is 2.11. The molecule has 2 heterocycles. The molecule has 3 nitrogen and oxygen atoms in total. The SMILES string of the molecule is Cc1cccn2c(CN(C)C)c(-c3ccc4ccccc4c3)nc12. The van der Waals surface area contributed by atoms with E-state index >= 15 is 0 Å². The van der Waals surface area contributed by atoms with E-state index in [0.29, 0.717) is 0 Å². The summed E-state index contributed by atoms with van der Waals surface area (Å²) in [5.41, 5.74) is 5.72. The van der Waals surface area contributed by atoms with Crippen molar-refractivity contribution in [2.75, 3.05) is 14.1 Å². The monoisotopic (exact) mass is 315 g/mol. The number of hydrogen-bond acceptors (Lipinski definition) is 2. The second-order valence-electron chi connectivity index (χ2n) is 6.59. The Morgan fingerprint density at radius 2 is 1.75 bits per heavy atom. The van der Waals surface area contributed by atoms with E-state index in [1.807, 2.05) is 0 Å². The molecule has 0 radical (unpaired) electrons. The van der Waals surface area contributed by atoms with Crippen molar-refractivity contribution in [3.05, 3.63) is 72.1 Å². The van der Waals surface area contributed by atoms with E-state index in [9.17, 15) is 0 Å². The van der Waals surface area contributed by atoms with E-state index in [2.05, 4.69) is 91.1 Å².